The fourth-order valence-corrected chi connectivity index (χ4v) is 2.49. The van der Waals surface area contributed by atoms with Crippen LogP contribution in [-0.2, 0) is 6.18 Å². The Morgan fingerprint density at radius 3 is 2.52 bits per heavy atom. The number of rotatable bonds is 6. The number of fused-ring (bicyclic) bond motifs is 1. The standard InChI is InChI=1S/C17H22F3N5O2.2ClH/c1-22-16(21)24-15(26)12-9-10-11(17(18,19)20)5-6-13(14(10)23-12)27-8-4-7-25(2)3;;/h5-6,9,23H,4,7-8H2,1-3H3,(H3,21,22,24,26);2*1H. The number of guanidine groups is 1. The number of benzene rings is 1. The van der Waals surface area contributed by atoms with Crippen LogP contribution in [0, 0.1) is 0 Å². The number of hydrogen-bond acceptors (Lipinski definition) is 4. The van der Waals surface area contributed by atoms with Crippen molar-refractivity contribution in [2.24, 2.45) is 10.7 Å². The molecule has 12 heteroatoms. The predicted molar refractivity (Wildman–Crippen MR) is 111 cm³/mol. The van der Waals surface area contributed by atoms with Gasteiger partial charge in [-0.3, -0.25) is 15.1 Å². The van der Waals surface area contributed by atoms with E-state index in [1.807, 2.05) is 19.0 Å². The Morgan fingerprint density at radius 2 is 1.97 bits per heavy atom. The van der Waals surface area contributed by atoms with Gasteiger partial charge in [0.25, 0.3) is 5.91 Å². The van der Waals surface area contributed by atoms with Crippen molar-refractivity contribution in [1.82, 2.24) is 15.2 Å². The number of nitrogens with two attached hydrogens (primary N) is 1. The highest BCUT2D eigenvalue weighted by Gasteiger charge is 2.34. The number of aromatic nitrogens is 1. The van der Waals surface area contributed by atoms with Crippen LogP contribution in [0.5, 0.6) is 5.75 Å². The molecule has 1 amide bonds. The summed E-state index contributed by atoms with van der Waals surface area (Å²) in [7, 11) is 5.21. The number of aliphatic imine (C=N–C) groups is 1. The average molecular weight is 458 g/mol. The van der Waals surface area contributed by atoms with E-state index in [-0.39, 0.29) is 53.1 Å². The van der Waals surface area contributed by atoms with Gasteiger partial charge in [-0.1, -0.05) is 0 Å². The van der Waals surface area contributed by atoms with E-state index in [9.17, 15) is 18.0 Å². The van der Waals surface area contributed by atoms with Gasteiger partial charge in [-0.25, -0.2) is 0 Å². The summed E-state index contributed by atoms with van der Waals surface area (Å²) in [5.74, 6) is -0.594. The van der Waals surface area contributed by atoms with Gasteiger partial charge < -0.3 is 20.4 Å². The van der Waals surface area contributed by atoms with E-state index >= 15 is 0 Å². The largest absolute Gasteiger partial charge is 0.491 e. The minimum absolute atomic E-state index is 0. The Labute approximate surface area is 178 Å². The van der Waals surface area contributed by atoms with E-state index < -0.39 is 17.6 Å². The lowest BCUT2D eigenvalue weighted by atomic mass is 10.1. The Kier molecular flexibility index (Phi) is 10.3. The van der Waals surface area contributed by atoms with Crippen LogP contribution in [0.25, 0.3) is 10.9 Å². The van der Waals surface area contributed by atoms with Crippen LogP contribution >= 0.6 is 24.8 Å². The van der Waals surface area contributed by atoms with Crippen molar-refractivity contribution >= 4 is 47.6 Å². The summed E-state index contributed by atoms with van der Waals surface area (Å²) in [4.78, 5) is 20.4. The monoisotopic (exact) mass is 457 g/mol. The molecule has 2 rings (SSSR count). The van der Waals surface area contributed by atoms with Gasteiger partial charge in [0.05, 0.1) is 17.7 Å². The second-order valence-corrected chi connectivity index (χ2v) is 6.15. The first-order valence-corrected chi connectivity index (χ1v) is 8.17. The fourth-order valence-electron chi connectivity index (χ4n) is 2.49. The zero-order valence-corrected chi connectivity index (χ0v) is 17.7. The number of amides is 1. The Bertz CT molecular complexity index is 853. The van der Waals surface area contributed by atoms with Gasteiger partial charge >= 0.3 is 6.18 Å². The van der Waals surface area contributed by atoms with Crippen molar-refractivity contribution in [3.8, 4) is 5.75 Å². The van der Waals surface area contributed by atoms with Gasteiger partial charge in [0.15, 0.2) is 5.96 Å². The third-order valence-electron chi connectivity index (χ3n) is 3.80. The summed E-state index contributed by atoms with van der Waals surface area (Å²) in [6, 6.07) is 3.32. The first kappa shape index (κ1) is 26.8. The van der Waals surface area contributed by atoms with Crippen molar-refractivity contribution in [3.63, 3.8) is 0 Å². The molecular weight excluding hydrogens is 434 g/mol. The molecule has 0 saturated heterocycles. The minimum atomic E-state index is -4.57. The maximum atomic E-state index is 13.3. The Balaban J connectivity index is 0.00000392. The number of nitrogens with one attached hydrogen (secondary N) is 2. The summed E-state index contributed by atoms with van der Waals surface area (Å²) in [6.45, 7) is 1.10. The number of alkyl halides is 3. The zero-order chi connectivity index (χ0) is 20.2. The van der Waals surface area contributed by atoms with E-state index in [4.69, 9.17) is 10.5 Å². The van der Waals surface area contributed by atoms with Crippen molar-refractivity contribution in [2.75, 3.05) is 34.3 Å². The highest BCUT2D eigenvalue weighted by molar-refractivity contribution is 6.07. The smallest absolute Gasteiger partial charge is 0.417 e. The van der Waals surface area contributed by atoms with Crippen LogP contribution < -0.4 is 15.8 Å². The molecule has 29 heavy (non-hydrogen) atoms. The summed E-state index contributed by atoms with van der Waals surface area (Å²) >= 11 is 0. The van der Waals surface area contributed by atoms with Gasteiger partial charge in [0.2, 0.25) is 0 Å². The van der Waals surface area contributed by atoms with Gasteiger partial charge in [-0.05, 0) is 38.7 Å². The molecule has 0 spiro atoms. The molecule has 0 aliphatic rings. The molecule has 0 fully saturated rings. The van der Waals surface area contributed by atoms with Crippen LogP contribution in [0.1, 0.15) is 22.5 Å². The summed E-state index contributed by atoms with van der Waals surface area (Å²) in [5.41, 5.74) is 4.61. The van der Waals surface area contributed by atoms with Crippen LogP contribution in [0.2, 0.25) is 0 Å². The molecule has 2 aromatic rings. The number of hydrogen-bond donors (Lipinski definition) is 3. The molecule has 0 unspecified atom stereocenters. The molecule has 0 atom stereocenters. The number of aromatic amines is 1. The summed E-state index contributed by atoms with van der Waals surface area (Å²) in [6.07, 6.45) is -3.87. The molecular formula is C17H24Cl2F3N5O2. The molecule has 0 saturated carbocycles. The number of ether oxygens (including phenoxy) is 1. The molecule has 1 heterocycles. The quantitative estimate of drug-likeness (QED) is 0.352. The lowest BCUT2D eigenvalue weighted by Gasteiger charge is -2.13. The van der Waals surface area contributed by atoms with Crippen LogP contribution in [0.3, 0.4) is 0 Å². The number of nitrogens with zero attached hydrogens (tertiary/aromatic N) is 2. The first-order valence-electron chi connectivity index (χ1n) is 8.17. The molecule has 1 aromatic carbocycles. The summed E-state index contributed by atoms with van der Waals surface area (Å²) < 4.78 is 45.6. The van der Waals surface area contributed by atoms with E-state index in [0.717, 1.165) is 18.7 Å². The van der Waals surface area contributed by atoms with Gasteiger partial charge in [-0.15, -0.1) is 24.8 Å². The lowest BCUT2D eigenvalue weighted by molar-refractivity contribution is -0.136. The molecule has 7 nitrogen and oxygen atoms in total. The van der Waals surface area contributed by atoms with E-state index in [0.29, 0.717) is 13.0 Å². The third-order valence-corrected chi connectivity index (χ3v) is 3.80. The maximum Gasteiger partial charge on any atom is 0.417 e. The fraction of sp³-hybridized carbons (Fsp3) is 0.412. The second-order valence-electron chi connectivity index (χ2n) is 6.15. The van der Waals surface area contributed by atoms with E-state index in [1.54, 1.807) is 0 Å². The maximum absolute atomic E-state index is 13.3. The van der Waals surface area contributed by atoms with Gasteiger partial charge in [0, 0.05) is 19.0 Å². The Hall–Kier alpha value is -2.17. The molecule has 164 valence electrons. The van der Waals surface area contributed by atoms with Gasteiger partial charge in [-0.2, -0.15) is 13.2 Å². The normalized spacial score (nSPS) is 11.8. The van der Waals surface area contributed by atoms with Crippen LogP contribution in [0.15, 0.2) is 23.2 Å². The van der Waals surface area contributed by atoms with Crippen molar-refractivity contribution in [1.29, 1.82) is 0 Å². The average Bonchev–Trinajstić information content (AvgIpc) is 3.02. The second kappa shape index (κ2) is 11.1. The number of carbonyl (C=O) groups is 1. The summed E-state index contributed by atoms with van der Waals surface area (Å²) in [5, 5.41) is 2.13. The van der Waals surface area contributed by atoms with E-state index in [2.05, 4.69) is 15.3 Å². The van der Waals surface area contributed by atoms with Crippen molar-refractivity contribution in [2.45, 2.75) is 12.6 Å². The number of halogens is 5. The third kappa shape index (κ3) is 6.98. The van der Waals surface area contributed by atoms with Crippen LogP contribution in [0.4, 0.5) is 13.2 Å². The minimum Gasteiger partial charge on any atom is -0.491 e. The number of H-pyrrole nitrogens is 1. The van der Waals surface area contributed by atoms with Crippen molar-refractivity contribution < 1.29 is 22.7 Å². The predicted octanol–water partition coefficient (Wildman–Crippen LogP) is 3.04. The van der Waals surface area contributed by atoms with E-state index in [1.165, 1.54) is 13.1 Å². The molecule has 1 aromatic heterocycles. The first-order chi connectivity index (χ1) is 12.6. The topological polar surface area (TPSA) is 95.7 Å². The number of carbonyl (C=O) groups excluding carboxylic acids is 1. The highest BCUT2D eigenvalue weighted by atomic mass is 35.5. The zero-order valence-electron chi connectivity index (χ0n) is 16.1. The molecule has 0 aliphatic heterocycles. The molecule has 0 aliphatic carbocycles. The van der Waals surface area contributed by atoms with Crippen molar-refractivity contribution in [3.05, 3.63) is 29.5 Å². The molecule has 0 radical (unpaired) electrons. The SMILES string of the molecule is CN=C(N)NC(=O)c1cc2c(C(F)(F)F)ccc(OCCCN(C)C)c2[nH]1.Cl.Cl. The van der Waals surface area contributed by atoms with Gasteiger partial charge in [0.1, 0.15) is 11.4 Å². The lowest BCUT2D eigenvalue weighted by Crippen LogP contribution is -2.36. The Morgan fingerprint density at radius 1 is 1.31 bits per heavy atom. The molecule has 0 bridgehead atoms. The van der Waals surface area contributed by atoms with Crippen LogP contribution in [-0.4, -0.2) is 56.0 Å². The highest BCUT2D eigenvalue weighted by Crippen LogP contribution is 2.38. The molecule has 4 N–H and O–H groups in total.